The number of rotatable bonds is 7. The first-order chi connectivity index (χ1) is 14.2. The van der Waals surface area contributed by atoms with Gasteiger partial charge in [-0.3, -0.25) is 14.5 Å². The standard InChI is InChI=1S/C21H22N4O3S/c26-17(16-5-2-1-3-6-16)8-9-20(27)25-12-10-24(11-13-25)15-19-22-21(23-28-19)18-7-4-14-29-18/h1-7,14H,8-13,15H2. The molecule has 0 bridgehead atoms. The molecule has 3 aromatic rings. The molecule has 2 aromatic heterocycles. The molecule has 1 amide bonds. The largest absolute Gasteiger partial charge is 0.340 e. The molecule has 8 heteroatoms. The molecule has 1 saturated heterocycles. The van der Waals surface area contributed by atoms with Crippen molar-refractivity contribution in [3.63, 3.8) is 0 Å². The molecular formula is C21H22N4O3S. The molecule has 1 aliphatic heterocycles. The lowest BCUT2D eigenvalue weighted by Gasteiger charge is -2.34. The fourth-order valence-corrected chi connectivity index (χ4v) is 3.97. The van der Waals surface area contributed by atoms with Crippen LogP contribution in [0.1, 0.15) is 29.1 Å². The highest BCUT2D eigenvalue weighted by atomic mass is 32.1. The summed E-state index contributed by atoms with van der Waals surface area (Å²) in [7, 11) is 0. The maximum Gasteiger partial charge on any atom is 0.241 e. The van der Waals surface area contributed by atoms with Gasteiger partial charge in [-0.05, 0) is 11.4 Å². The first-order valence-corrected chi connectivity index (χ1v) is 10.5. The molecule has 29 heavy (non-hydrogen) atoms. The van der Waals surface area contributed by atoms with Crippen molar-refractivity contribution in [3.05, 3.63) is 59.3 Å². The van der Waals surface area contributed by atoms with Crippen LogP contribution in [-0.4, -0.2) is 57.8 Å². The summed E-state index contributed by atoms with van der Waals surface area (Å²) in [6, 6.07) is 13.0. The van der Waals surface area contributed by atoms with E-state index in [1.807, 2.05) is 40.6 Å². The van der Waals surface area contributed by atoms with Gasteiger partial charge >= 0.3 is 0 Å². The van der Waals surface area contributed by atoms with Crippen LogP contribution >= 0.6 is 11.3 Å². The van der Waals surface area contributed by atoms with E-state index >= 15 is 0 Å². The van der Waals surface area contributed by atoms with Crippen LogP contribution in [0.2, 0.25) is 0 Å². The number of nitrogens with zero attached hydrogens (tertiary/aromatic N) is 4. The second-order valence-corrected chi connectivity index (χ2v) is 7.88. The smallest absolute Gasteiger partial charge is 0.241 e. The summed E-state index contributed by atoms with van der Waals surface area (Å²) in [4.78, 5) is 34.1. The molecular weight excluding hydrogens is 388 g/mol. The fraction of sp³-hybridized carbons (Fsp3) is 0.333. The molecule has 0 aliphatic carbocycles. The molecule has 0 N–H and O–H groups in total. The highest BCUT2D eigenvalue weighted by Gasteiger charge is 2.23. The number of thiophene rings is 1. The second-order valence-electron chi connectivity index (χ2n) is 6.94. The van der Waals surface area contributed by atoms with Crippen LogP contribution in [0.15, 0.2) is 52.4 Å². The van der Waals surface area contributed by atoms with Crippen LogP contribution in [0.5, 0.6) is 0 Å². The van der Waals surface area contributed by atoms with E-state index < -0.39 is 0 Å². The molecule has 0 spiro atoms. The van der Waals surface area contributed by atoms with Gasteiger partial charge in [0.1, 0.15) is 0 Å². The number of carbonyl (C=O) groups excluding carboxylic acids is 2. The summed E-state index contributed by atoms with van der Waals surface area (Å²) < 4.78 is 5.36. The van der Waals surface area contributed by atoms with Crippen LogP contribution < -0.4 is 0 Å². The molecule has 150 valence electrons. The highest BCUT2D eigenvalue weighted by Crippen LogP contribution is 2.21. The first-order valence-electron chi connectivity index (χ1n) is 9.64. The average molecular weight is 410 g/mol. The maximum absolute atomic E-state index is 12.4. The number of Topliss-reactive ketones (excluding diaryl/α,β-unsaturated/α-hetero) is 1. The van der Waals surface area contributed by atoms with Crippen molar-refractivity contribution in [1.82, 2.24) is 19.9 Å². The zero-order valence-corrected chi connectivity index (χ0v) is 16.8. The normalized spacial score (nSPS) is 14.8. The second kappa shape index (κ2) is 9.11. The third-order valence-electron chi connectivity index (χ3n) is 4.96. The average Bonchev–Trinajstić information content (AvgIpc) is 3.45. The number of hydrogen-bond acceptors (Lipinski definition) is 7. The van der Waals surface area contributed by atoms with E-state index in [1.165, 1.54) is 0 Å². The van der Waals surface area contributed by atoms with Gasteiger partial charge in [-0.1, -0.05) is 41.6 Å². The molecule has 4 rings (SSSR count). The molecule has 0 radical (unpaired) electrons. The Bertz CT molecular complexity index is 947. The van der Waals surface area contributed by atoms with Crippen LogP contribution in [0, 0.1) is 0 Å². The third-order valence-corrected chi connectivity index (χ3v) is 5.82. The summed E-state index contributed by atoms with van der Waals surface area (Å²) in [5.41, 5.74) is 0.659. The van der Waals surface area contributed by atoms with Gasteiger partial charge in [0.05, 0.1) is 11.4 Å². The van der Waals surface area contributed by atoms with Gasteiger partial charge in [-0.2, -0.15) is 4.98 Å². The summed E-state index contributed by atoms with van der Waals surface area (Å²) in [6.07, 6.45) is 0.498. The quantitative estimate of drug-likeness (QED) is 0.557. The van der Waals surface area contributed by atoms with Crippen molar-refractivity contribution in [2.45, 2.75) is 19.4 Å². The molecule has 1 fully saturated rings. The van der Waals surface area contributed by atoms with Crippen molar-refractivity contribution in [2.75, 3.05) is 26.2 Å². The lowest BCUT2D eigenvalue weighted by Crippen LogP contribution is -2.48. The van der Waals surface area contributed by atoms with Crippen molar-refractivity contribution >= 4 is 23.0 Å². The first kappa shape index (κ1) is 19.5. The van der Waals surface area contributed by atoms with E-state index in [1.54, 1.807) is 23.5 Å². The monoisotopic (exact) mass is 410 g/mol. The van der Waals surface area contributed by atoms with Crippen molar-refractivity contribution in [1.29, 1.82) is 0 Å². The third kappa shape index (κ3) is 4.96. The van der Waals surface area contributed by atoms with E-state index in [2.05, 4.69) is 15.0 Å². The minimum Gasteiger partial charge on any atom is -0.340 e. The fourth-order valence-electron chi connectivity index (χ4n) is 3.32. The number of hydrogen-bond donors (Lipinski definition) is 0. The summed E-state index contributed by atoms with van der Waals surface area (Å²) in [5.74, 6) is 1.25. The van der Waals surface area contributed by atoms with Gasteiger partial charge in [-0.15, -0.1) is 11.3 Å². The molecule has 3 heterocycles. The van der Waals surface area contributed by atoms with Gasteiger partial charge in [0, 0.05) is 44.6 Å². The van der Waals surface area contributed by atoms with Gasteiger partial charge in [0.25, 0.3) is 0 Å². The molecule has 0 atom stereocenters. The Labute approximate surface area is 172 Å². The summed E-state index contributed by atoms with van der Waals surface area (Å²) >= 11 is 1.58. The Balaban J connectivity index is 1.22. The van der Waals surface area contributed by atoms with Crippen molar-refractivity contribution < 1.29 is 14.1 Å². The van der Waals surface area contributed by atoms with Gasteiger partial charge < -0.3 is 9.42 Å². The minimum absolute atomic E-state index is 0.00974. The van der Waals surface area contributed by atoms with Crippen LogP contribution in [0.4, 0.5) is 0 Å². The van der Waals surface area contributed by atoms with Crippen molar-refractivity contribution in [3.8, 4) is 10.7 Å². The Hall–Kier alpha value is -2.84. The number of ketones is 1. The zero-order valence-electron chi connectivity index (χ0n) is 16.0. The number of aromatic nitrogens is 2. The number of amides is 1. The van der Waals surface area contributed by atoms with E-state index in [-0.39, 0.29) is 24.5 Å². The predicted octanol–water partition coefficient (Wildman–Crippen LogP) is 3.11. The molecule has 0 unspecified atom stereocenters. The lowest BCUT2D eigenvalue weighted by atomic mass is 10.1. The zero-order chi connectivity index (χ0) is 20.1. The molecule has 7 nitrogen and oxygen atoms in total. The van der Waals surface area contributed by atoms with Crippen LogP contribution in [0.3, 0.4) is 0 Å². The van der Waals surface area contributed by atoms with E-state index in [4.69, 9.17) is 4.52 Å². The van der Waals surface area contributed by atoms with Gasteiger partial charge in [0.2, 0.25) is 17.6 Å². The van der Waals surface area contributed by atoms with Crippen LogP contribution in [0.25, 0.3) is 10.7 Å². The van der Waals surface area contributed by atoms with Gasteiger partial charge in [0.15, 0.2) is 5.78 Å². The topological polar surface area (TPSA) is 79.5 Å². The van der Waals surface area contributed by atoms with Crippen LogP contribution in [-0.2, 0) is 11.3 Å². The summed E-state index contributed by atoms with van der Waals surface area (Å²) in [6.45, 7) is 3.35. The molecule has 1 aromatic carbocycles. The number of benzene rings is 1. The Kier molecular flexibility index (Phi) is 6.12. The van der Waals surface area contributed by atoms with Crippen molar-refractivity contribution in [2.24, 2.45) is 0 Å². The highest BCUT2D eigenvalue weighted by molar-refractivity contribution is 7.13. The lowest BCUT2D eigenvalue weighted by molar-refractivity contribution is -0.133. The Morgan fingerprint density at radius 3 is 2.52 bits per heavy atom. The SMILES string of the molecule is O=C(CCC(=O)N1CCN(Cc2nc(-c3cccs3)no2)CC1)c1ccccc1. The number of carbonyl (C=O) groups is 2. The van der Waals surface area contributed by atoms with E-state index in [9.17, 15) is 9.59 Å². The molecule has 0 saturated carbocycles. The molecule has 1 aliphatic rings. The predicted molar refractivity (Wildman–Crippen MR) is 109 cm³/mol. The van der Waals surface area contributed by atoms with E-state index in [0.29, 0.717) is 36.9 Å². The Morgan fingerprint density at radius 2 is 1.79 bits per heavy atom. The summed E-state index contributed by atoms with van der Waals surface area (Å²) in [5, 5.41) is 6.02. The van der Waals surface area contributed by atoms with Gasteiger partial charge in [-0.25, -0.2) is 0 Å². The number of piperazine rings is 1. The van der Waals surface area contributed by atoms with E-state index in [0.717, 1.165) is 18.0 Å². The Morgan fingerprint density at radius 1 is 1.00 bits per heavy atom. The minimum atomic E-state index is 0.00974. The maximum atomic E-state index is 12.4.